The number of rotatable bonds is 6. The van der Waals surface area contributed by atoms with Crippen LogP contribution in [0.4, 0.5) is 0 Å². The lowest BCUT2D eigenvalue weighted by molar-refractivity contribution is -0.120. The van der Waals surface area contributed by atoms with Gasteiger partial charge < -0.3 is 10.6 Å². The van der Waals surface area contributed by atoms with Crippen molar-refractivity contribution in [3.63, 3.8) is 0 Å². The largest absolute Gasteiger partial charge is 0.355 e. The summed E-state index contributed by atoms with van der Waals surface area (Å²) in [5, 5.41) is 6.06. The third-order valence-corrected chi connectivity index (χ3v) is 3.67. The number of likely N-dealkylation sites (N-methyl/N-ethyl adjacent to an activating group) is 1. The molecular formula is C13H26N2O. The van der Waals surface area contributed by atoms with Crippen molar-refractivity contribution in [3.8, 4) is 0 Å². The Balaban J connectivity index is 2.07. The highest BCUT2D eigenvalue weighted by atomic mass is 16.1. The molecule has 1 aliphatic rings. The number of carbonyl (C=O) groups excluding carboxylic acids is 1. The molecule has 0 aromatic carbocycles. The molecule has 0 saturated heterocycles. The van der Waals surface area contributed by atoms with E-state index >= 15 is 0 Å². The predicted molar refractivity (Wildman–Crippen MR) is 67.3 cm³/mol. The second-order valence-corrected chi connectivity index (χ2v) is 4.88. The Hall–Kier alpha value is -0.570. The smallest absolute Gasteiger partial charge is 0.233 e. The van der Waals surface area contributed by atoms with Crippen molar-refractivity contribution in [1.29, 1.82) is 0 Å². The van der Waals surface area contributed by atoms with E-state index in [1.807, 2.05) is 6.92 Å². The lowest BCUT2D eigenvalue weighted by Crippen LogP contribution is -2.37. The van der Waals surface area contributed by atoms with Crippen LogP contribution in [0.2, 0.25) is 0 Å². The van der Waals surface area contributed by atoms with Crippen LogP contribution in [0, 0.1) is 11.8 Å². The zero-order valence-electron chi connectivity index (χ0n) is 10.7. The number of hydrogen-bond acceptors (Lipinski definition) is 2. The molecular weight excluding hydrogens is 200 g/mol. The van der Waals surface area contributed by atoms with Crippen molar-refractivity contribution in [2.45, 2.75) is 46.0 Å². The van der Waals surface area contributed by atoms with Gasteiger partial charge in [0, 0.05) is 6.54 Å². The van der Waals surface area contributed by atoms with Gasteiger partial charge in [-0.3, -0.25) is 4.79 Å². The van der Waals surface area contributed by atoms with Crippen molar-refractivity contribution in [2.75, 3.05) is 19.6 Å². The summed E-state index contributed by atoms with van der Waals surface area (Å²) in [6.45, 7) is 6.49. The summed E-state index contributed by atoms with van der Waals surface area (Å²) in [5.74, 6) is 1.79. The minimum atomic E-state index is 0.138. The summed E-state index contributed by atoms with van der Waals surface area (Å²) in [7, 11) is 0. The first-order valence-electron chi connectivity index (χ1n) is 6.73. The Bertz CT molecular complexity index is 198. The zero-order valence-corrected chi connectivity index (χ0v) is 10.7. The molecule has 0 aromatic heterocycles. The van der Waals surface area contributed by atoms with Gasteiger partial charge in [0.05, 0.1) is 6.54 Å². The molecule has 94 valence electrons. The van der Waals surface area contributed by atoms with Crippen LogP contribution < -0.4 is 10.6 Å². The molecule has 3 nitrogen and oxygen atoms in total. The van der Waals surface area contributed by atoms with Crippen LogP contribution in [0.5, 0.6) is 0 Å². The van der Waals surface area contributed by atoms with Crippen LogP contribution in [-0.4, -0.2) is 25.5 Å². The second-order valence-electron chi connectivity index (χ2n) is 4.88. The lowest BCUT2D eigenvalue weighted by Gasteiger charge is -2.27. The van der Waals surface area contributed by atoms with Gasteiger partial charge in [0.25, 0.3) is 0 Å². The first-order valence-corrected chi connectivity index (χ1v) is 6.73. The number of amides is 1. The molecule has 0 aliphatic heterocycles. The van der Waals surface area contributed by atoms with E-state index in [2.05, 4.69) is 17.6 Å². The first kappa shape index (κ1) is 13.5. The molecule has 1 saturated carbocycles. The van der Waals surface area contributed by atoms with Crippen molar-refractivity contribution in [3.05, 3.63) is 0 Å². The van der Waals surface area contributed by atoms with E-state index in [4.69, 9.17) is 0 Å². The van der Waals surface area contributed by atoms with E-state index in [1.165, 1.54) is 32.1 Å². The molecule has 2 N–H and O–H groups in total. The Morgan fingerprint density at radius 2 is 1.75 bits per heavy atom. The highest BCUT2D eigenvalue weighted by Crippen LogP contribution is 2.29. The molecule has 0 atom stereocenters. The fourth-order valence-electron chi connectivity index (χ4n) is 2.40. The van der Waals surface area contributed by atoms with Gasteiger partial charge in [-0.1, -0.05) is 33.1 Å². The maximum atomic E-state index is 11.4. The first-order chi connectivity index (χ1) is 7.76. The molecule has 1 amide bonds. The minimum absolute atomic E-state index is 0.138. The third-order valence-electron chi connectivity index (χ3n) is 3.67. The van der Waals surface area contributed by atoms with E-state index < -0.39 is 0 Å². The molecule has 1 fully saturated rings. The average molecular weight is 226 g/mol. The van der Waals surface area contributed by atoms with Crippen molar-refractivity contribution in [2.24, 2.45) is 11.8 Å². The van der Waals surface area contributed by atoms with Crippen molar-refractivity contribution < 1.29 is 4.79 Å². The van der Waals surface area contributed by atoms with Crippen LogP contribution >= 0.6 is 0 Å². The zero-order chi connectivity index (χ0) is 11.8. The fraction of sp³-hybridized carbons (Fsp3) is 0.923. The molecule has 3 heteroatoms. The highest BCUT2D eigenvalue weighted by Gasteiger charge is 2.19. The Labute approximate surface area is 99.4 Å². The number of nitrogens with one attached hydrogen (secondary N) is 2. The predicted octanol–water partition coefficient (Wildman–Crippen LogP) is 1.93. The van der Waals surface area contributed by atoms with Crippen molar-refractivity contribution >= 4 is 5.91 Å². The third kappa shape index (κ3) is 4.97. The van der Waals surface area contributed by atoms with E-state index in [-0.39, 0.29) is 5.91 Å². The molecule has 0 heterocycles. The summed E-state index contributed by atoms with van der Waals surface area (Å²) in [6.07, 6.45) is 6.61. The Morgan fingerprint density at radius 3 is 2.31 bits per heavy atom. The Morgan fingerprint density at radius 1 is 1.12 bits per heavy atom. The summed E-state index contributed by atoms with van der Waals surface area (Å²) < 4.78 is 0. The molecule has 0 aromatic rings. The minimum Gasteiger partial charge on any atom is -0.355 e. The van der Waals surface area contributed by atoms with Gasteiger partial charge in [-0.05, 0) is 31.2 Å². The molecule has 0 radical (unpaired) electrons. The molecule has 16 heavy (non-hydrogen) atoms. The van der Waals surface area contributed by atoms with E-state index in [0.29, 0.717) is 12.5 Å². The molecule has 0 bridgehead atoms. The van der Waals surface area contributed by atoms with Gasteiger partial charge >= 0.3 is 0 Å². The topological polar surface area (TPSA) is 41.1 Å². The molecule has 0 unspecified atom stereocenters. The van der Waals surface area contributed by atoms with Crippen molar-refractivity contribution in [1.82, 2.24) is 10.6 Å². The van der Waals surface area contributed by atoms with Crippen LogP contribution in [-0.2, 0) is 4.79 Å². The normalized spacial score (nSPS) is 25.4. The van der Waals surface area contributed by atoms with Gasteiger partial charge in [-0.15, -0.1) is 0 Å². The van der Waals surface area contributed by atoms with Gasteiger partial charge in [-0.2, -0.15) is 0 Å². The van der Waals surface area contributed by atoms with E-state index in [0.717, 1.165) is 19.0 Å². The molecule has 1 rings (SSSR count). The highest BCUT2D eigenvalue weighted by molar-refractivity contribution is 5.77. The quantitative estimate of drug-likeness (QED) is 0.726. The van der Waals surface area contributed by atoms with E-state index in [9.17, 15) is 4.79 Å². The number of carbonyl (C=O) groups is 1. The van der Waals surface area contributed by atoms with Crippen LogP contribution in [0.1, 0.15) is 46.0 Å². The standard InChI is InChI=1S/C13H26N2O/c1-3-11-5-7-12(8-6-11)9-15-13(16)10-14-4-2/h11-12,14H,3-10H2,1-2H3,(H,15,16). The van der Waals surface area contributed by atoms with E-state index in [1.54, 1.807) is 0 Å². The summed E-state index contributed by atoms with van der Waals surface area (Å²) >= 11 is 0. The molecule has 0 spiro atoms. The Kier molecular flexibility index (Phi) is 6.46. The summed E-state index contributed by atoms with van der Waals surface area (Å²) in [6, 6.07) is 0. The SMILES string of the molecule is CCNCC(=O)NCC1CCC(CC)CC1. The lowest BCUT2D eigenvalue weighted by atomic mass is 9.81. The van der Waals surface area contributed by atoms with Gasteiger partial charge in [0.1, 0.15) is 0 Å². The van der Waals surface area contributed by atoms with Crippen LogP contribution in [0.3, 0.4) is 0 Å². The average Bonchev–Trinajstić information content (AvgIpc) is 2.34. The second kappa shape index (κ2) is 7.66. The van der Waals surface area contributed by atoms with Gasteiger partial charge in [0.2, 0.25) is 5.91 Å². The summed E-state index contributed by atoms with van der Waals surface area (Å²) in [4.78, 5) is 11.4. The summed E-state index contributed by atoms with van der Waals surface area (Å²) in [5.41, 5.74) is 0. The maximum Gasteiger partial charge on any atom is 0.233 e. The monoisotopic (exact) mass is 226 g/mol. The maximum absolute atomic E-state index is 11.4. The number of hydrogen-bond donors (Lipinski definition) is 2. The fourth-order valence-corrected chi connectivity index (χ4v) is 2.40. The molecule has 1 aliphatic carbocycles. The van der Waals surface area contributed by atoms with Crippen LogP contribution in [0.25, 0.3) is 0 Å². The van der Waals surface area contributed by atoms with Crippen LogP contribution in [0.15, 0.2) is 0 Å². The van der Waals surface area contributed by atoms with Gasteiger partial charge in [0.15, 0.2) is 0 Å². The van der Waals surface area contributed by atoms with Gasteiger partial charge in [-0.25, -0.2) is 0 Å².